The first-order chi connectivity index (χ1) is 8.26. The van der Waals surface area contributed by atoms with E-state index >= 15 is 0 Å². The number of ether oxygens (including phenoxy) is 1. The van der Waals surface area contributed by atoms with Gasteiger partial charge >= 0.3 is 6.09 Å². The third kappa shape index (κ3) is 5.36. The fourth-order valence-electron chi connectivity index (χ4n) is 1.40. The summed E-state index contributed by atoms with van der Waals surface area (Å²) in [7, 11) is 0. The smallest absolute Gasteiger partial charge is 0.411 e. The molecule has 1 amide bonds. The van der Waals surface area contributed by atoms with Gasteiger partial charge in [0.25, 0.3) is 0 Å². The first-order valence-electron chi connectivity index (χ1n) is 5.99. The zero-order valence-corrected chi connectivity index (χ0v) is 10.2. The Morgan fingerprint density at radius 3 is 2.59 bits per heavy atom. The van der Waals surface area contributed by atoms with Crippen LogP contribution in [0.15, 0.2) is 24.3 Å². The van der Waals surface area contributed by atoms with Gasteiger partial charge in [-0.1, -0.05) is 31.9 Å². The molecule has 17 heavy (non-hydrogen) atoms. The quantitative estimate of drug-likeness (QED) is 0.746. The van der Waals surface area contributed by atoms with Gasteiger partial charge in [-0.25, -0.2) is 4.79 Å². The van der Waals surface area contributed by atoms with Crippen LogP contribution in [0.1, 0.15) is 31.7 Å². The van der Waals surface area contributed by atoms with Gasteiger partial charge < -0.3 is 10.5 Å². The number of carbonyl (C=O) groups is 1. The Bertz CT molecular complexity index is 336. The zero-order valence-electron chi connectivity index (χ0n) is 10.2. The van der Waals surface area contributed by atoms with Gasteiger partial charge in [0.05, 0.1) is 6.61 Å². The lowest BCUT2D eigenvalue weighted by Gasteiger charge is -2.07. The highest BCUT2D eigenvalue weighted by atomic mass is 16.5. The van der Waals surface area contributed by atoms with E-state index in [4.69, 9.17) is 10.5 Å². The van der Waals surface area contributed by atoms with Gasteiger partial charge in [-0.15, -0.1) is 0 Å². The molecule has 0 aromatic heterocycles. The molecule has 0 atom stereocenters. The van der Waals surface area contributed by atoms with E-state index in [0.717, 1.165) is 30.5 Å². The first-order valence-corrected chi connectivity index (χ1v) is 5.99. The minimum atomic E-state index is -0.401. The molecule has 0 heterocycles. The summed E-state index contributed by atoms with van der Waals surface area (Å²) in [5.74, 6) is 0. The van der Waals surface area contributed by atoms with Crippen molar-refractivity contribution < 1.29 is 9.53 Å². The van der Waals surface area contributed by atoms with E-state index in [1.807, 2.05) is 24.3 Å². The van der Waals surface area contributed by atoms with E-state index < -0.39 is 6.09 Å². The van der Waals surface area contributed by atoms with Crippen LogP contribution in [0, 0.1) is 0 Å². The lowest BCUT2D eigenvalue weighted by atomic mass is 10.2. The van der Waals surface area contributed by atoms with Crippen molar-refractivity contribution in [3.8, 4) is 0 Å². The molecule has 94 valence electrons. The average Bonchev–Trinajstić information content (AvgIpc) is 2.36. The van der Waals surface area contributed by atoms with Gasteiger partial charge in [-0.2, -0.15) is 0 Å². The monoisotopic (exact) mass is 236 g/mol. The number of amides is 1. The molecule has 1 rings (SSSR count). The Hall–Kier alpha value is -1.55. The molecule has 0 bridgehead atoms. The highest BCUT2D eigenvalue weighted by Gasteiger charge is 2.02. The molecule has 1 aromatic carbocycles. The molecule has 0 aliphatic rings. The average molecular weight is 236 g/mol. The maximum atomic E-state index is 11.4. The summed E-state index contributed by atoms with van der Waals surface area (Å²) in [5.41, 5.74) is 7.24. The molecule has 0 saturated heterocycles. The summed E-state index contributed by atoms with van der Waals surface area (Å²) in [6.45, 7) is 3.08. The Labute approximate surface area is 102 Å². The minimum absolute atomic E-state index is 0.401. The van der Waals surface area contributed by atoms with E-state index in [-0.39, 0.29) is 0 Å². The fourth-order valence-corrected chi connectivity index (χ4v) is 1.40. The molecule has 0 unspecified atom stereocenters. The van der Waals surface area contributed by atoms with Crippen molar-refractivity contribution in [1.82, 2.24) is 0 Å². The molecular formula is C13H20N2O2. The standard InChI is InChI=1S/C13H20N2O2/c1-2-3-4-9-17-13(16)15-12-7-5-11(10-14)6-8-12/h5-8H,2-4,9-10,14H2,1H3,(H,15,16). The van der Waals surface area contributed by atoms with Gasteiger partial charge in [0.1, 0.15) is 0 Å². The lowest BCUT2D eigenvalue weighted by Crippen LogP contribution is -2.14. The van der Waals surface area contributed by atoms with Gasteiger partial charge in [-0.05, 0) is 24.1 Å². The summed E-state index contributed by atoms with van der Waals surface area (Å²) >= 11 is 0. The SMILES string of the molecule is CCCCCOC(=O)Nc1ccc(CN)cc1. The number of nitrogens with two attached hydrogens (primary N) is 1. The van der Waals surface area contributed by atoms with Crippen molar-refractivity contribution in [2.45, 2.75) is 32.7 Å². The molecule has 0 aliphatic carbocycles. The first kappa shape index (κ1) is 13.5. The second-order valence-corrected chi connectivity index (χ2v) is 3.87. The maximum Gasteiger partial charge on any atom is 0.411 e. The maximum absolute atomic E-state index is 11.4. The summed E-state index contributed by atoms with van der Waals surface area (Å²) in [4.78, 5) is 11.4. The Kier molecular flexibility index (Phi) is 6.10. The molecular weight excluding hydrogens is 216 g/mol. The third-order valence-electron chi connectivity index (χ3n) is 2.42. The number of hydrogen-bond donors (Lipinski definition) is 2. The summed E-state index contributed by atoms with van der Waals surface area (Å²) in [5, 5.41) is 2.67. The van der Waals surface area contributed by atoms with E-state index in [9.17, 15) is 4.79 Å². The second kappa shape index (κ2) is 7.68. The molecule has 0 aliphatic heterocycles. The minimum Gasteiger partial charge on any atom is -0.449 e. The Balaban J connectivity index is 2.29. The number of rotatable bonds is 6. The van der Waals surface area contributed by atoms with Crippen molar-refractivity contribution in [3.05, 3.63) is 29.8 Å². The fraction of sp³-hybridized carbons (Fsp3) is 0.462. The van der Waals surface area contributed by atoms with Gasteiger partial charge in [0.2, 0.25) is 0 Å². The van der Waals surface area contributed by atoms with Crippen molar-refractivity contribution in [3.63, 3.8) is 0 Å². The van der Waals surface area contributed by atoms with Crippen LogP contribution < -0.4 is 11.1 Å². The molecule has 4 heteroatoms. The molecule has 4 nitrogen and oxygen atoms in total. The van der Waals surface area contributed by atoms with Crippen molar-refractivity contribution in [2.75, 3.05) is 11.9 Å². The van der Waals surface area contributed by atoms with E-state index in [1.165, 1.54) is 0 Å². The van der Waals surface area contributed by atoms with Crippen LogP contribution in [-0.4, -0.2) is 12.7 Å². The number of unbranched alkanes of at least 4 members (excludes halogenated alkanes) is 2. The Morgan fingerprint density at radius 2 is 2.00 bits per heavy atom. The summed E-state index contributed by atoms with van der Waals surface area (Å²) < 4.78 is 5.03. The second-order valence-electron chi connectivity index (χ2n) is 3.87. The predicted molar refractivity (Wildman–Crippen MR) is 68.8 cm³/mol. The van der Waals surface area contributed by atoms with Gasteiger partial charge in [-0.3, -0.25) is 5.32 Å². The van der Waals surface area contributed by atoms with Crippen molar-refractivity contribution >= 4 is 11.8 Å². The van der Waals surface area contributed by atoms with Gasteiger partial charge in [0.15, 0.2) is 0 Å². The Morgan fingerprint density at radius 1 is 1.29 bits per heavy atom. The molecule has 0 radical (unpaired) electrons. The highest BCUT2D eigenvalue weighted by molar-refractivity contribution is 5.84. The topological polar surface area (TPSA) is 64.3 Å². The predicted octanol–water partition coefficient (Wildman–Crippen LogP) is 2.88. The highest BCUT2D eigenvalue weighted by Crippen LogP contribution is 2.09. The van der Waals surface area contributed by atoms with E-state index in [2.05, 4.69) is 12.2 Å². The number of benzene rings is 1. The van der Waals surface area contributed by atoms with Crippen LogP contribution in [0.25, 0.3) is 0 Å². The molecule has 0 fully saturated rings. The summed E-state index contributed by atoms with van der Waals surface area (Å²) in [6, 6.07) is 7.39. The lowest BCUT2D eigenvalue weighted by molar-refractivity contribution is 0.159. The van der Waals surface area contributed by atoms with Crippen molar-refractivity contribution in [2.24, 2.45) is 5.73 Å². The summed E-state index contributed by atoms with van der Waals surface area (Å²) in [6.07, 6.45) is 2.71. The van der Waals surface area contributed by atoms with Crippen LogP contribution in [0.5, 0.6) is 0 Å². The van der Waals surface area contributed by atoms with E-state index in [1.54, 1.807) is 0 Å². The number of carbonyl (C=O) groups excluding carboxylic acids is 1. The van der Waals surface area contributed by atoms with Crippen LogP contribution in [0.4, 0.5) is 10.5 Å². The molecule has 0 spiro atoms. The third-order valence-corrected chi connectivity index (χ3v) is 2.42. The van der Waals surface area contributed by atoms with Crippen LogP contribution in [0.3, 0.4) is 0 Å². The normalized spacial score (nSPS) is 10.0. The van der Waals surface area contributed by atoms with Gasteiger partial charge in [0, 0.05) is 12.2 Å². The number of anilines is 1. The van der Waals surface area contributed by atoms with Crippen LogP contribution >= 0.6 is 0 Å². The molecule has 0 saturated carbocycles. The van der Waals surface area contributed by atoms with Crippen molar-refractivity contribution in [1.29, 1.82) is 0 Å². The molecule has 3 N–H and O–H groups in total. The van der Waals surface area contributed by atoms with E-state index in [0.29, 0.717) is 13.2 Å². The number of nitrogens with one attached hydrogen (secondary N) is 1. The zero-order chi connectivity index (χ0) is 12.5. The van der Waals surface area contributed by atoms with Crippen LogP contribution in [-0.2, 0) is 11.3 Å². The van der Waals surface area contributed by atoms with Crippen LogP contribution in [0.2, 0.25) is 0 Å². The molecule has 1 aromatic rings. The largest absolute Gasteiger partial charge is 0.449 e. The number of hydrogen-bond acceptors (Lipinski definition) is 3.